The van der Waals surface area contributed by atoms with Crippen molar-refractivity contribution in [1.29, 1.82) is 0 Å². The number of amides is 2. The highest BCUT2D eigenvalue weighted by Crippen LogP contribution is 2.33. The zero-order valence-electron chi connectivity index (χ0n) is 20.9. The van der Waals surface area contributed by atoms with Gasteiger partial charge in [0.2, 0.25) is 11.8 Å². The summed E-state index contributed by atoms with van der Waals surface area (Å²) in [5.41, 5.74) is 0.739. The van der Waals surface area contributed by atoms with E-state index in [2.05, 4.69) is 15.6 Å². The SMILES string of the molecule is CCC[C@H](NC(=O)[C@@H](O)C(C)(C)C)C(=O)Nc1ncc(-c2ccc(F)cc2COc2ccccc2)s1. The molecule has 3 aromatic rings. The van der Waals surface area contributed by atoms with Crippen molar-refractivity contribution in [3.8, 4) is 16.2 Å². The number of thiazole rings is 1. The first-order valence-corrected chi connectivity index (χ1v) is 12.6. The molecule has 192 valence electrons. The molecule has 1 heterocycles. The number of aromatic nitrogens is 1. The van der Waals surface area contributed by atoms with Crippen molar-refractivity contribution < 1.29 is 23.8 Å². The minimum Gasteiger partial charge on any atom is -0.489 e. The highest BCUT2D eigenvalue weighted by molar-refractivity contribution is 7.19. The Balaban J connectivity index is 1.72. The summed E-state index contributed by atoms with van der Waals surface area (Å²) in [6.45, 7) is 7.31. The van der Waals surface area contributed by atoms with Gasteiger partial charge in [-0.3, -0.25) is 9.59 Å². The molecular weight excluding hydrogens is 481 g/mol. The fourth-order valence-corrected chi connectivity index (χ4v) is 4.33. The molecule has 0 aliphatic rings. The van der Waals surface area contributed by atoms with Crippen molar-refractivity contribution in [3.63, 3.8) is 0 Å². The van der Waals surface area contributed by atoms with Crippen molar-refractivity contribution in [3.05, 3.63) is 66.1 Å². The van der Waals surface area contributed by atoms with E-state index in [0.717, 1.165) is 10.4 Å². The standard InChI is InChI=1S/C27H32FN3O4S/c1-5-9-21(30-25(34)23(32)27(2,3)4)24(33)31-26-29-15-22(36-26)20-13-12-18(28)14-17(20)16-35-19-10-7-6-8-11-19/h6-8,10-15,21,23,32H,5,9,16H2,1-4H3,(H,30,34)(H,29,31,33)/t21-,23+/m0/s1. The van der Waals surface area contributed by atoms with Gasteiger partial charge in [0.1, 0.15) is 30.3 Å². The van der Waals surface area contributed by atoms with Gasteiger partial charge in [0, 0.05) is 17.3 Å². The molecule has 1 aromatic heterocycles. The Bertz CT molecular complexity index is 1180. The quantitative estimate of drug-likeness (QED) is 0.348. The second-order valence-electron chi connectivity index (χ2n) is 9.54. The topological polar surface area (TPSA) is 101 Å². The molecule has 2 aromatic carbocycles. The fourth-order valence-electron chi connectivity index (χ4n) is 3.45. The number of para-hydroxylation sites is 1. The molecule has 0 aliphatic heterocycles. The number of nitrogens with one attached hydrogen (secondary N) is 2. The van der Waals surface area contributed by atoms with E-state index in [-0.39, 0.29) is 12.4 Å². The van der Waals surface area contributed by atoms with Crippen LogP contribution in [0.4, 0.5) is 9.52 Å². The van der Waals surface area contributed by atoms with Crippen LogP contribution in [0, 0.1) is 11.2 Å². The van der Waals surface area contributed by atoms with Crippen LogP contribution in [0.15, 0.2) is 54.7 Å². The van der Waals surface area contributed by atoms with Gasteiger partial charge in [-0.1, -0.05) is 69.7 Å². The third-order valence-corrected chi connectivity index (χ3v) is 6.43. The second-order valence-corrected chi connectivity index (χ2v) is 10.6. The molecule has 0 fully saturated rings. The van der Waals surface area contributed by atoms with Gasteiger partial charge in [0.15, 0.2) is 5.13 Å². The van der Waals surface area contributed by atoms with E-state index < -0.39 is 29.4 Å². The lowest BCUT2D eigenvalue weighted by molar-refractivity contribution is -0.137. The summed E-state index contributed by atoms with van der Waals surface area (Å²) in [5.74, 6) is -0.714. The van der Waals surface area contributed by atoms with E-state index in [9.17, 15) is 19.1 Å². The van der Waals surface area contributed by atoms with Crippen LogP contribution in [0.25, 0.3) is 10.4 Å². The average Bonchev–Trinajstić information content (AvgIpc) is 3.30. The van der Waals surface area contributed by atoms with Gasteiger partial charge in [0.25, 0.3) is 0 Å². The Labute approximate surface area is 214 Å². The number of aliphatic hydroxyl groups excluding tert-OH is 1. The van der Waals surface area contributed by atoms with E-state index in [1.165, 1.54) is 23.5 Å². The highest BCUT2D eigenvalue weighted by Gasteiger charge is 2.32. The van der Waals surface area contributed by atoms with Gasteiger partial charge in [-0.05, 0) is 36.1 Å². The van der Waals surface area contributed by atoms with Crippen molar-refractivity contribution in [2.45, 2.75) is 59.3 Å². The van der Waals surface area contributed by atoms with E-state index in [4.69, 9.17) is 4.74 Å². The number of carbonyl (C=O) groups is 2. The van der Waals surface area contributed by atoms with Crippen molar-refractivity contribution in [2.75, 3.05) is 5.32 Å². The first-order chi connectivity index (χ1) is 17.1. The summed E-state index contributed by atoms with van der Waals surface area (Å²) in [6.07, 6.45) is 1.43. The summed E-state index contributed by atoms with van der Waals surface area (Å²) in [4.78, 5) is 30.4. The van der Waals surface area contributed by atoms with Crippen LogP contribution < -0.4 is 15.4 Å². The number of aliphatic hydroxyl groups is 1. The van der Waals surface area contributed by atoms with Crippen LogP contribution in [0.5, 0.6) is 5.75 Å². The molecule has 9 heteroatoms. The Morgan fingerprint density at radius 1 is 1.14 bits per heavy atom. The number of rotatable bonds is 10. The normalized spacial score (nSPS) is 13.1. The number of halogens is 1. The lowest BCUT2D eigenvalue weighted by Gasteiger charge is -2.26. The molecular formula is C27H32FN3O4S. The molecule has 0 aliphatic carbocycles. The molecule has 2 amide bonds. The number of anilines is 1. The Hall–Kier alpha value is -3.30. The predicted octanol–water partition coefficient (Wildman–Crippen LogP) is 5.16. The van der Waals surface area contributed by atoms with Crippen LogP contribution in [-0.2, 0) is 16.2 Å². The minimum absolute atomic E-state index is 0.164. The first-order valence-electron chi connectivity index (χ1n) is 11.8. The van der Waals surface area contributed by atoms with Gasteiger partial charge in [-0.15, -0.1) is 0 Å². The van der Waals surface area contributed by atoms with Gasteiger partial charge < -0.3 is 20.5 Å². The lowest BCUT2D eigenvalue weighted by atomic mass is 9.88. The monoisotopic (exact) mass is 513 g/mol. The van der Waals surface area contributed by atoms with Crippen molar-refractivity contribution >= 4 is 28.3 Å². The lowest BCUT2D eigenvalue weighted by Crippen LogP contribution is -2.50. The molecule has 0 radical (unpaired) electrons. The molecule has 7 nitrogen and oxygen atoms in total. The van der Waals surface area contributed by atoms with E-state index >= 15 is 0 Å². The van der Waals surface area contributed by atoms with E-state index in [1.807, 2.05) is 37.3 Å². The number of ether oxygens (including phenoxy) is 1. The average molecular weight is 514 g/mol. The third-order valence-electron chi connectivity index (χ3n) is 5.49. The van der Waals surface area contributed by atoms with Gasteiger partial charge in [-0.25, -0.2) is 9.37 Å². The molecule has 3 rings (SSSR count). The molecule has 2 atom stereocenters. The summed E-state index contributed by atoms with van der Waals surface area (Å²) in [7, 11) is 0. The molecule has 0 spiro atoms. The molecule has 36 heavy (non-hydrogen) atoms. The number of carbonyl (C=O) groups excluding carboxylic acids is 2. The Morgan fingerprint density at radius 2 is 1.86 bits per heavy atom. The zero-order valence-corrected chi connectivity index (χ0v) is 21.7. The highest BCUT2D eigenvalue weighted by atomic mass is 32.1. The van der Waals surface area contributed by atoms with Crippen molar-refractivity contribution in [2.24, 2.45) is 5.41 Å². The summed E-state index contributed by atoms with van der Waals surface area (Å²) < 4.78 is 19.8. The summed E-state index contributed by atoms with van der Waals surface area (Å²) >= 11 is 1.24. The third kappa shape index (κ3) is 7.35. The smallest absolute Gasteiger partial charge is 0.250 e. The van der Waals surface area contributed by atoms with Crippen LogP contribution in [0.2, 0.25) is 0 Å². The van der Waals surface area contributed by atoms with Gasteiger partial charge in [-0.2, -0.15) is 0 Å². The minimum atomic E-state index is -1.24. The van der Waals surface area contributed by atoms with Gasteiger partial charge in [0.05, 0.1) is 4.88 Å². The van der Waals surface area contributed by atoms with Crippen LogP contribution in [0.3, 0.4) is 0 Å². The maximum Gasteiger partial charge on any atom is 0.250 e. The molecule has 3 N–H and O–H groups in total. The summed E-state index contributed by atoms with van der Waals surface area (Å²) in [6, 6.07) is 12.9. The van der Waals surface area contributed by atoms with E-state index in [0.29, 0.717) is 29.3 Å². The molecule has 0 bridgehead atoms. The van der Waals surface area contributed by atoms with E-state index in [1.54, 1.807) is 33.0 Å². The maximum absolute atomic E-state index is 14.0. The number of hydrogen-bond acceptors (Lipinski definition) is 6. The van der Waals surface area contributed by atoms with Crippen LogP contribution in [-0.4, -0.2) is 34.1 Å². The fraction of sp³-hybridized carbons (Fsp3) is 0.370. The number of hydrogen-bond donors (Lipinski definition) is 3. The van der Waals surface area contributed by atoms with Crippen LogP contribution >= 0.6 is 11.3 Å². The largest absolute Gasteiger partial charge is 0.489 e. The predicted molar refractivity (Wildman–Crippen MR) is 139 cm³/mol. The maximum atomic E-state index is 14.0. The van der Waals surface area contributed by atoms with Crippen molar-refractivity contribution in [1.82, 2.24) is 10.3 Å². The first kappa shape index (κ1) is 27.3. The second kappa shape index (κ2) is 12.1. The number of benzene rings is 2. The van der Waals surface area contributed by atoms with Gasteiger partial charge >= 0.3 is 0 Å². The number of nitrogens with zero attached hydrogens (tertiary/aromatic N) is 1. The van der Waals surface area contributed by atoms with Crippen LogP contribution in [0.1, 0.15) is 46.1 Å². The molecule has 0 unspecified atom stereocenters. The Morgan fingerprint density at radius 3 is 2.53 bits per heavy atom. The Kier molecular flexibility index (Phi) is 9.17. The molecule has 0 saturated heterocycles. The zero-order chi connectivity index (χ0) is 26.3. The summed E-state index contributed by atoms with van der Waals surface area (Å²) in [5, 5.41) is 16.0. The molecule has 0 saturated carbocycles.